The molecule has 94 valence electrons. The summed E-state index contributed by atoms with van der Waals surface area (Å²) in [5.41, 5.74) is -0.321. The van der Waals surface area contributed by atoms with Gasteiger partial charge in [0.25, 0.3) is 0 Å². The van der Waals surface area contributed by atoms with Gasteiger partial charge in [-0.05, 0) is 40.4 Å². The number of aliphatic hydroxyl groups is 1. The molecule has 17 heavy (non-hydrogen) atoms. The van der Waals surface area contributed by atoms with E-state index in [1.54, 1.807) is 0 Å². The van der Waals surface area contributed by atoms with Gasteiger partial charge in [0, 0.05) is 6.61 Å². The van der Waals surface area contributed by atoms with Gasteiger partial charge in [-0.15, -0.1) is 0 Å². The van der Waals surface area contributed by atoms with E-state index in [4.69, 9.17) is 4.74 Å². The minimum absolute atomic E-state index is 0.0859. The van der Waals surface area contributed by atoms with Gasteiger partial charge in [-0.25, -0.2) is 8.78 Å². The van der Waals surface area contributed by atoms with Gasteiger partial charge in [-0.2, -0.15) is 0 Å². The molecule has 0 amide bonds. The third-order valence-corrected chi connectivity index (χ3v) is 3.74. The van der Waals surface area contributed by atoms with Crippen LogP contribution in [0.25, 0.3) is 0 Å². The second kappa shape index (κ2) is 5.00. The fourth-order valence-corrected chi connectivity index (χ4v) is 2.44. The zero-order chi connectivity index (χ0) is 12.6. The number of halogens is 3. The number of aliphatic hydroxyl groups excluding tert-OH is 1. The maximum Gasteiger partial charge on any atom is 0.146 e. The number of rotatable bonds is 2. The maximum atomic E-state index is 13.8. The standard InChI is InChI=1S/C12H13BrF2O2/c1-6-4-5-17-12(6)11(16)9-8(14)3-2-7(13)10(9)15/h2-3,6,11-12,16H,4-5H2,1H3. The van der Waals surface area contributed by atoms with E-state index in [9.17, 15) is 13.9 Å². The lowest BCUT2D eigenvalue weighted by Gasteiger charge is -2.22. The Kier molecular flexibility index (Phi) is 3.80. The molecule has 5 heteroatoms. The molecule has 1 fully saturated rings. The Morgan fingerprint density at radius 3 is 2.76 bits per heavy atom. The molecule has 1 aromatic rings. The summed E-state index contributed by atoms with van der Waals surface area (Å²) in [5.74, 6) is -1.43. The molecular formula is C12H13BrF2O2. The molecule has 1 aromatic carbocycles. The monoisotopic (exact) mass is 306 g/mol. The van der Waals surface area contributed by atoms with Crippen molar-refractivity contribution in [2.24, 2.45) is 5.92 Å². The zero-order valence-corrected chi connectivity index (χ0v) is 10.9. The van der Waals surface area contributed by atoms with Crippen LogP contribution in [0.1, 0.15) is 25.0 Å². The highest BCUT2D eigenvalue weighted by atomic mass is 79.9. The van der Waals surface area contributed by atoms with Crippen LogP contribution in [0.5, 0.6) is 0 Å². The average molecular weight is 307 g/mol. The van der Waals surface area contributed by atoms with Gasteiger partial charge in [-0.3, -0.25) is 0 Å². The molecule has 2 nitrogen and oxygen atoms in total. The van der Waals surface area contributed by atoms with Gasteiger partial charge < -0.3 is 9.84 Å². The predicted octanol–water partition coefficient (Wildman–Crippen LogP) is 3.19. The smallest absolute Gasteiger partial charge is 0.146 e. The fraction of sp³-hybridized carbons (Fsp3) is 0.500. The van der Waals surface area contributed by atoms with Gasteiger partial charge in [0.15, 0.2) is 0 Å². The molecule has 1 aliphatic rings. The van der Waals surface area contributed by atoms with Crippen molar-refractivity contribution < 1.29 is 18.6 Å². The van der Waals surface area contributed by atoms with Gasteiger partial charge >= 0.3 is 0 Å². The lowest BCUT2D eigenvalue weighted by molar-refractivity contribution is -0.0211. The third kappa shape index (κ3) is 2.37. The first-order valence-electron chi connectivity index (χ1n) is 5.45. The molecule has 3 atom stereocenters. The van der Waals surface area contributed by atoms with Crippen molar-refractivity contribution in [1.82, 2.24) is 0 Å². The number of hydrogen-bond acceptors (Lipinski definition) is 2. The molecule has 1 aliphatic heterocycles. The Labute approximate surface area is 107 Å². The van der Waals surface area contributed by atoms with E-state index in [1.807, 2.05) is 6.92 Å². The van der Waals surface area contributed by atoms with Crippen molar-refractivity contribution in [3.05, 3.63) is 33.8 Å². The normalized spacial score (nSPS) is 26.2. The summed E-state index contributed by atoms with van der Waals surface area (Å²) >= 11 is 2.98. The summed E-state index contributed by atoms with van der Waals surface area (Å²) in [6.45, 7) is 2.41. The second-order valence-corrected chi connectivity index (χ2v) is 5.16. The van der Waals surface area contributed by atoms with E-state index in [0.717, 1.165) is 12.5 Å². The molecule has 0 bridgehead atoms. The summed E-state index contributed by atoms with van der Waals surface area (Å²) in [7, 11) is 0. The van der Waals surface area contributed by atoms with Gasteiger partial charge in [-0.1, -0.05) is 6.92 Å². The molecule has 1 N–H and O–H groups in total. The van der Waals surface area contributed by atoms with Crippen LogP contribution in [0.4, 0.5) is 8.78 Å². The zero-order valence-electron chi connectivity index (χ0n) is 9.29. The molecule has 2 rings (SSSR count). The van der Waals surface area contributed by atoms with E-state index < -0.39 is 23.8 Å². The van der Waals surface area contributed by atoms with Crippen LogP contribution in [-0.4, -0.2) is 17.8 Å². The largest absolute Gasteiger partial charge is 0.385 e. The van der Waals surface area contributed by atoms with E-state index in [2.05, 4.69) is 15.9 Å². The first-order chi connectivity index (χ1) is 8.02. The Morgan fingerprint density at radius 1 is 1.47 bits per heavy atom. The third-order valence-electron chi connectivity index (χ3n) is 3.13. The topological polar surface area (TPSA) is 29.5 Å². The lowest BCUT2D eigenvalue weighted by atomic mass is 9.94. The Bertz CT molecular complexity index is 425. The number of ether oxygens (including phenoxy) is 1. The molecule has 1 heterocycles. The highest BCUT2D eigenvalue weighted by Gasteiger charge is 2.35. The van der Waals surface area contributed by atoms with Crippen LogP contribution in [0.3, 0.4) is 0 Å². The molecule has 3 unspecified atom stereocenters. The summed E-state index contributed by atoms with van der Waals surface area (Å²) in [5, 5.41) is 10.1. The summed E-state index contributed by atoms with van der Waals surface area (Å²) in [6, 6.07) is 2.41. The van der Waals surface area contributed by atoms with Crippen LogP contribution < -0.4 is 0 Å². The number of hydrogen-bond donors (Lipinski definition) is 1. The Morgan fingerprint density at radius 2 is 2.18 bits per heavy atom. The minimum Gasteiger partial charge on any atom is -0.385 e. The average Bonchev–Trinajstić information content (AvgIpc) is 2.70. The van der Waals surface area contributed by atoms with Crippen LogP contribution in [0.15, 0.2) is 16.6 Å². The van der Waals surface area contributed by atoms with E-state index in [-0.39, 0.29) is 16.0 Å². The maximum absolute atomic E-state index is 13.8. The molecule has 0 saturated carbocycles. The van der Waals surface area contributed by atoms with Gasteiger partial charge in [0.2, 0.25) is 0 Å². The van der Waals surface area contributed by atoms with Crippen molar-refractivity contribution in [3.8, 4) is 0 Å². The van der Waals surface area contributed by atoms with Gasteiger partial charge in [0.05, 0.1) is 16.1 Å². The SMILES string of the molecule is CC1CCOC1C(O)c1c(F)ccc(Br)c1F. The van der Waals surface area contributed by atoms with Crippen molar-refractivity contribution in [2.75, 3.05) is 6.61 Å². The Hall–Kier alpha value is -0.520. The van der Waals surface area contributed by atoms with Crippen molar-refractivity contribution >= 4 is 15.9 Å². The van der Waals surface area contributed by atoms with Crippen LogP contribution >= 0.6 is 15.9 Å². The van der Waals surface area contributed by atoms with Gasteiger partial charge in [0.1, 0.15) is 17.7 Å². The first kappa shape index (κ1) is 12.9. The Balaban J connectivity index is 2.36. The fourth-order valence-electron chi connectivity index (χ4n) is 2.10. The highest BCUT2D eigenvalue weighted by Crippen LogP contribution is 2.35. The molecular weight excluding hydrogens is 294 g/mol. The quantitative estimate of drug-likeness (QED) is 0.850. The number of benzene rings is 1. The highest BCUT2D eigenvalue weighted by molar-refractivity contribution is 9.10. The first-order valence-corrected chi connectivity index (χ1v) is 6.24. The molecule has 1 saturated heterocycles. The van der Waals surface area contributed by atoms with E-state index >= 15 is 0 Å². The summed E-state index contributed by atoms with van der Waals surface area (Å²) in [6.07, 6.45) is -1.03. The van der Waals surface area contributed by atoms with Crippen LogP contribution in [0.2, 0.25) is 0 Å². The molecule has 0 radical (unpaired) electrons. The van der Waals surface area contributed by atoms with Crippen molar-refractivity contribution in [2.45, 2.75) is 25.6 Å². The second-order valence-electron chi connectivity index (χ2n) is 4.30. The van der Waals surface area contributed by atoms with Crippen LogP contribution in [0, 0.1) is 17.6 Å². The summed E-state index contributed by atoms with van der Waals surface area (Å²) < 4.78 is 32.8. The molecule has 0 aromatic heterocycles. The van der Waals surface area contributed by atoms with Crippen molar-refractivity contribution in [3.63, 3.8) is 0 Å². The van der Waals surface area contributed by atoms with Crippen LogP contribution in [-0.2, 0) is 4.74 Å². The minimum atomic E-state index is -1.27. The van der Waals surface area contributed by atoms with E-state index in [1.165, 1.54) is 6.07 Å². The molecule has 0 spiro atoms. The lowest BCUT2D eigenvalue weighted by Crippen LogP contribution is -2.25. The van der Waals surface area contributed by atoms with Crippen molar-refractivity contribution in [1.29, 1.82) is 0 Å². The predicted molar refractivity (Wildman–Crippen MR) is 62.5 cm³/mol. The molecule has 0 aliphatic carbocycles. The summed E-state index contributed by atoms with van der Waals surface area (Å²) in [4.78, 5) is 0. The van der Waals surface area contributed by atoms with E-state index in [0.29, 0.717) is 6.61 Å².